The third-order valence-corrected chi connectivity index (χ3v) is 3.11. The number of hydrogen-bond donors (Lipinski definition) is 2. The van der Waals surface area contributed by atoms with Crippen molar-refractivity contribution < 1.29 is 4.79 Å². The third-order valence-electron chi connectivity index (χ3n) is 3.11. The Morgan fingerprint density at radius 2 is 2.40 bits per heavy atom. The number of aromatic amines is 1. The fraction of sp³-hybridized carbons (Fsp3) is 0.545. The van der Waals surface area contributed by atoms with Crippen LogP contribution in [0, 0.1) is 5.41 Å². The van der Waals surface area contributed by atoms with E-state index in [0.717, 1.165) is 18.5 Å². The van der Waals surface area contributed by atoms with Gasteiger partial charge in [-0.15, -0.1) is 0 Å². The second-order valence-electron chi connectivity index (χ2n) is 4.34. The van der Waals surface area contributed by atoms with Gasteiger partial charge < -0.3 is 15.6 Å². The summed E-state index contributed by atoms with van der Waals surface area (Å²) in [6, 6.07) is 3.91. The molecule has 1 fully saturated rings. The molecule has 4 heteroatoms. The maximum Gasteiger partial charge on any atom is 0.230 e. The first kappa shape index (κ1) is 10.2. The number of hydrogen-bond acceptors (Lipinski definition) is 2. The molecule has 1 heterocycles. The summed E-state index contributed by atoms with van der Waals surface area (Å²) in [5, 5.41) is 0. The van der Waals surface area contributed by atoms with Crippen molar-refractivity contribution in [1.82, 2.24) is 9.88 Å². The molecule has 0 aromatic carbocycles. The monoisotopic (exact) mass is 207 g/mol. The summed E-state index contributed by atoms with van der Waals surface area (Å²) in [6.45, 7) is 1.11. The number of nitrogens with zero attached hydrogens (tertiary/aromatic N) is 1. The lowest BCUT2D eigenvalue weighted by molar-refractivity contribution is -0.135. The lowest BCUT2D eigenvalue weighted by Gasteiger charge is -2.21. The summed E-state index contributed by atoms with van der Waals surface area (Å²) in [5.74, 6) is 0.180. The van der Waals surface area contributed by atoms with Crippen LogP contribution in [0.15, 0.2) is 18.3 Å². The number of carbonyl (C=O) groups excluding carboxylic acids is 1. The van der Waals surface area contributed by atoms with Gasteiger partial charge in [-0.2, -0.15) is 0 Å². The van der Waals surface area contributed by atoms with E-state index in [2.05, 4.69) is 4.98 Å². The van der Waals surface area contributed by atoms with Crippen molar-refractivity contribution in [2.75, 3.05) is 13.6 Å². The normalized spacial score (nSPS) is 17.5. The Labute approximate surface area is 89.5 Å². The maximum atomic E-state index is 12.0. The van der Waals surface area contributed by atoms with E-state index in [1.165, 1.54) is 0 Å². The fourth-order valence-corrected chi connectivity index (χ4v) is 1.85. The molecule has 0 spiro atoms. The molecule has 82 valence electrons. The van der Waals surface area contributed by atoms with Crippen LogP contribution in [-0.2, 0) is 11.3 Å². The SMILES string of the molecule is CN(Cc1ccc[nH]1)C(=O)C1(CN)CC1. The summed E-state index contributed by atoms with van der Waals surface area (Å²) in [4.78, 5) is 16.9. The van der Waals surface area contributed by atoms with Crippen LogP contribution in [0.5, 0.6) is 0 Å². The summed E-state index contributed by atoms with van der Waals surface area (Å²) in [7, 11) is 1.83. The van der Waals surface area contributed by atoms with Gasteiger partial charge in [-0.3, -0.25) is 4.79 Å². The van der Waals surface area contributed by atoms with Gasteiger partial charge in [-0.1, -0.05) is 0 Å². The minimum atomic E-state index is -0.235. The summed E-state index contributed by atoms with van der Waals surface area (Å²) < 4.78 is 0. The van der Waals surface area contributed by atoms with Crippen LogP contribution in [0.2, 0.25) is 0 Å². The van der Waals surface area contributed by atoms with Crippen LogP contribution in [0.3, 0.4) is 0 Å². The molecule has 15 heavy (non-hydrogen) atoms. The van der Waals surface area contributed by atoms with E-state index < -0.39 is 0 Å². The molecule has 1 saturated carbocycles. The van der Waals surface area contributed by atoms with Crippen molar-refractivity contribution in [2.45, 2.75) is 19.4 Å². The van der Waals surface area contributed by atoms with Gasteiger partial charge in [0.1, 0.15) is 0 Å². The fourth-order valence-electron chi connectivity index (χ4n) is 1.85. The zero-order valence-corrected chi connectivity index (χ0v) is 8.99. The van der Waals surface area contributed by atoms with Crippen molar-refractivity contribution in [2.24, 2.45) is 11.1 Å². The van der Waals surface area contributed by atoms with Gasteiger partial charge in [-0.25, -0.2) is 0 Å². The number of nitrogens with one attached hydrogen (secondary N) is 1. The van der Waals surface area contributed by atoms with E-state index in [0.29, 0.717) is 13.1 Å². The van der Waals surface area contributed by atoms with Crippen LogP contribution in [-0.4, -0.2) is 29.4 Å². The van der Waals surface area contributed by atoms with Crippen molar-refractivity contribution in [3.8, 4) is 0 Å². The molecular weight excluding hydrogens is 190 g/mol. The molecule has 0 atom stereocenters. The quantitative estimate of drug-likeness (QED) is 0.764. The molecular formula is C11H17N3O. The Morgan fingerprint density at radius 1 is 1.67 bits per heavy atom. The highest BCUT2D eigenvalue weighted by atomic mass is 16.2. The molecule has 1 amide bonds. The molecule has 0 bridgehead atoms. The van der Waals surface area contributed by atoms with Gasteiger partial charge >= 0.3 is 0 Å². The standard InChI is InChI=1S/C11H17N3O/c1-14(7-9-3-2-6-13-9)10(15)11(8-12)4-5-11/h2-3,6,13H,4-5,7-8,12H2,1H3. The number of aromatic nitrogens is 1. The van der Waals surface area contributed by atoms with Crippen LogP contribution in [0.25, 0.3) is 0 Å². The zero-order chi connectivity index (χ0) is 10.9. The van der Waals surface area contributed by atoms with Crippen LogP contribution >= 0.6 is 0 Å². The van der Waals surface area contributed by atoms with Crippen molar-refractivity contribution >= 4 is 5.91 Å². The van der Waals surface area contributed by atoms with Crippen molar-refractivity contribution in [1.29, 1.82) is 0 Å². The van der Waals surface area contributed by atoms with E-state index >= 15 is 0 Å². The first-order valence-electron chi connectivity index (χ1n) is 5.26. The molecule has 1 aliphatic carbocycles. The Hall–Kier alpha value is -1.29. The lowest BCUT2D eigenvalue weighted by atomic mass is 10.1. The van der Waals surface area contributed by atoms with Gasteiger partial charge in [0.2, 0.25) is 5.91 Å². The van der Waals surface area contributed by atoms with Crippen molar-refractivity contribution in [3.63, 3.8) is 0 Å². The molecule has 4 nitrogen and oxygen atoms in total. The zero-order valence-electron chi connectivity index (χ0n) is 8.99. The molecule has 0 unspecified atom stereocenters. The minimum Gasteiger partial charge on any atom is -0.364 e. The van der Waals surface area contributed by atoms with E-state index in [-0.39, 0.29) is 11.3 Å². The average molecular weight is 207 g/mol. The van der Waals surface area contributed by atoms with Gasteiger partial charge in [-0.05, 0) is 25.0 Å². The highest BCUT2D eigenvalue weighted by Gasteiger charge is 2.49. The molecule has 0 saturated heterocycles. The topological polar surface area (TPSA) is 62.1 Å². The van der Waals surface area contributed by atoms with E-state index in [1.54, 1.807) is 4.90 Å². The summed E-state index contributed by atoms with van der Waals surface area (Å²) in [6.07, 6.45) is 3.75. The summed E-state index contributed by atoms with van der Waals surface area (Å²) >= 11 is 0. The number of carbonyl (C=O) groups is 1. The number of H-pyrrole nitrogens is 1. The van der Waals surface area contributed by atoms with E-state index in [1.807, 2.05) is 25.4 Å². The number of amides is 1. The van der Waals surface area contributed by atoms with Crippen molar-refractivity contribution in [3.05, 3.63) is 24.0 Å². The maximum absolute atomic E-state index is 12.0. The first-order valence-corrected chi connectivity index (χ1v) is 5.26. The highest BCUT2D eigenvalue weighted by molar-refractivity contribution is 5.85. The Morgan fingerprint density at radius 3 is 2.87 bits per heavy atom. The smallest absolute Gasteiger partial charge is 0.230 e. The number of rotatable bonds is 4. The second kappa shape index (κ2) is 3.70. The molecule has 0 radical (unpaired) electrons. The van der Waals surface area contributed by atoms with Gasteiger partial charge in [0.25, 0.3) is 0 Å². The lowest BCUT2D eigenvalue weighted by Crippen LogP contribution is -2.37. The van der Waals surface area contributed by atoms with Crippen LogP contribution < -0.4 is 5.73 Å². The van der Waals surface area contributed by atoms with Gasteiger partial charge in [0, 0.05) is 25.5 Å². The minimum absolute atomic E-state index is 0.180. The highest BCUT2D eigenvalue weighted by Crippen LogP contribution is 2.46. The van der Waals surface area contributed by atoms with E-state index in [9.17, 15) is 4.79 Å². The predicted octanol–water partition coefficient (Wildman–Crippen LogP) is 0.712. The second-order valence-corrected chi connectivity index (χ2v) is 4.34. The molecule has 1 aromatic rings. The summed E-state index contributed by atoms with van der Waals surface area (Å²) in [5.41, 5.74) is 6.45. The molecule has 0 aliphatic heterocycles. The molecule has 2 rings (SSSR count). The molecule has 1 aromatic heterocycles. The van der Waals surface area contributed by atoms with Gasteiger partial charge in [0.05, 0.1) is 12.0 Å². The largest absolute Gasteiger partial charge is 0.364 e. The predicted molar refractivity (Wildman–Crippen MR) is 58.0 cm³/mol. The van der Waals surface area contributed by atoms with Crippen LogP contribution in [0.1, 0.15) is 18.5 Å². The Kier molecular flexibility index (Phi) is 2.52. The Bertz CT molecular complexity index is 341. The molecule has 3 N–H and O–H groups in total. The van der Waals surface area contributed by atoms with Gasteiger partial charge in [0.15, 0.2) is 0 Å². The van der Waals surface area contributed by atoms with E-state index in [4.69, 9.17) is 5.73 Å². The first-order chi connectivity index (χ1) is 7.18. The molecule has 1 aliphatic rings. The average Bonchev–Trinajstić information content (AvgIpc) is 2.89. The third kappa shape index (κ3) is 1.90. The number of nitrogens with two attached hydrogens (primary N) is 1. The van der Waals surface area contributed by atoms with Crippen LogP contribution in [0.4, 0.5) is 0 Å². The Balaban J connectivity index is 1.96.